The van der Waals surface area contributed by atoms with Crippen molar-refractivity contribution >= 4 is 29.2 Å². The van der Waals surface area contributed by atoms with Crippen LogP contribution in [0, 0.1) is 12.3 Å². The van der Waals surface area contributed by atoms with E-state index in [1.54, 1.807) is 21.1 Å². The Balaban J connectivity index is 1.35. The van der Waals surface area contributed by atoms with E-state index >= 15 is 0 Å². The van der Waals surface area contributed by atoms with Gasteiger partial charge in [0.05, 0.1) is 48.1 Å². The smallest absolute Gasteiger partial charge is 0.410 e. The number of carbonyl (C=O) groups is 3. The van der Waals surface area contributed by atoms with E-state index in [1.807, 2.05) is 60.9 Å². The molecule has 1 aromatic heterocycles. The van der Waals surface area contributed by atoms with Crippen molar-refractivity contribution in [2.24, 2.45) is 5.41 Å². The van der Waals surface area contributed by atoms with E-state index in [0.29, 0.717) is 25.9 Å². The van der Waals surface area contributed by atoms with E-state index in [2.05, 4.69) is 33.8 Å². The van der Waals surface area contributed by atoms with Crippen molar-refractivity contribution in [1.29, 1.82) is 0 Å². The molecule has 2 aliphatic heterocycles. The Morgan fingerprint density at radius 1 is 1.14 bits per heavy atom. The summed E-state index contributed by atoms with van der Waals surface area (Å²) in [6.45, 7) is 15.9. The molecule has 0 aromatic carbocycles. The number of nitrogens with one attached hydrogen (secondary N) is 2. The largest absolute Gasteiger partial charge is 0.444 e. The number of thiazole rings is 1. The predicted molar refractivity (Wildman–Crippen MR) is 189 cm³/mol. The highest BCUT2D eigenvalue weighted by molar-refractivity contribution is 7.09. The van der Waals surface area contributed by atoms with Gasteiger partial charge in [-0.1, -0.05) is 45.9 Å². The molecule has 3 aliphatic rings. The van der Waals surface area contributed by atoms with Gasteiger partial charge in [-0.05, 0) is 70.8 Å². The Hall–Kier alpha value is -2.84. The molecule has 49 heavy (non-hydrogen) atoms. The van der Waals surface area contributed by atoms with Crippen LogP contribution in [0.5, 0.6) is 0 Å². The maximum absolute atomic E-state index is 13.8. The fourth-order valence-electron chi connectivity index (χ4n) is 6.74. The number of aliphatic hydroxyl groups is 2. The van der Waals surface area contributed by atoms with E-state index in [1.165, 1.54) is 4.88 Å². The molecule has 7 atom stereocenters. The number of ether oxygens (including phenoxy) is 2. The van der Waals surface area contributed by atoms with E-state index in [9.17, 15) is 24.6 Å². The highest BCUT2D eigenvalue weighted by Crippen LogP contribution is 2.33. The molecule has 274 valence electrons. The minimum absolute atomic E-state index is 0.0933. The van der Waals surface area contributed by atoms with Crippen molar-refractivity contribution in [2.75, 3.05) is 26.2 Å². The summed E-state index contributed by atoms with van der Waals surface area (Å²) in [7, 11) is 0. The molecule has 3 heterocycles. The number of likely N-dealkylation sites (tertiary alicyclic amines) is 2. The molecule has 0 bridgehead atoms. The van der Waals surface area contributed by atoms with Crippen LogP contribution in [0.25, 0.3) is 0 Å². The molecule has 13 heteroatoms. The molecule has 1 aliphatic carbocycles. The maximum Gasteiger partial charge on any atom is 0.410 e. The van der Waals surface area contributed by atoms with Gasteiger partial charge in [0, 0.05) is 23.9 Å². The third-order valence-electron chi connectivity index (χ3n) is 9.36. The lowest BCUT2D eigenvalue weighted by atomic mass is 9.85. The highest BCUT2D eigenvalue weighted by atomic mass is 32.1. The first-order valence-electron chi connectivity index (χ1n) is 17.6. The molecule has 1 aromatic rings. The molecule has 0 saturated carbocycles. The minimum atomic E-state index is -1.24. The SMILES string of the molecule is CC[C@H](NC(=O)[C@@H]1C[C@@H](O)CN1C(O)[C@@H](NC(=O)COC1CCCN(C(=O)OC(C)(C)C)C1)C(C)(C)C)C1=CCC(c2scnc2C)C=C1. The number of carbonyl (C=O) groups excluding carboxylic acids is 3. The minimum Gasteiger partial charge on any atom is -0.444 e. The topological polar surface area (TPSA) is 154 Å². The molecule has 3 amide bonds. The van der Waals surface area contributed by atoms with Gasteiger partial charge in [0.2, 0.25) is 11.8 Å². The summed E-state index contributed by atoms with van der Waals surface area (Å²) in [5, 5.41) is 28.5. The molecule has 3 unspecified atom stereocenters. The van der Waals surface area contributed by atoms with Crippen molar-refractivity contribution in [1.82, 2.24) is 25.4 Å². The number of aromatic nitrogens is 1. The number of allylic oxidation sites excluding steroid dienone is 2. The Kier molecular flexibility index (Phi) is 13.1. The van der Waals surface area contributed by atoms with Crippen LogP contribution >= 0.6 is 11.3 Å². The number of hydrogen-bond acceptors (Lipinski definition) is 10. The summed E-state index contributed by atoms with van der Waals surface area (Å²) < 4.78 is 11.4. The summed E-state index contributed by atoms with van der Waals surface area (Å²) >= 11 is 1.66. The van der Waals surface area contributed by atoms with Crippen LogP contribution < -0.4 is 10.6 Å². The van der Waals surface area contributed by atoms with E-state index in [-0.39, 0.29) is 43.5 Å². The zero-order valence-electron chi connectivity index (χ0n) is 30.4. The van der Waals surface area contributed by atoms with Crippen LogP contribution in [0.3, 0.4) is 0 Å². The Bertz CT molecular complexity index is 1370. The fourth-order valence-corrected chi connectivity index (χ4v) is 7.64. The molecule has 2 fully saturated rings. The monoisotopic (exact) mass is 703 g/mol. The maximum atomic E-state index is 13.8. The lowest BCUT2D eigenvalue weighted by molar-refractivity contribution is -0.138. The van der Waals surface area contributed by atoms with Gasteiger partial charge in [-0.3, -0.25) is 14.5 Å². The third-order valence-corrected chi connectivity index (χ3v) is 10.4. The van der Waals surface area contributed by atoms with E-state index in [0.717, 1.165) is 24.1 Å². The lowest BCUT2D eigenvalue weighted by Crippen LogP contribution is -2.61. The van der Waals surface area contributed by atoms with Crippen LogP contribution in [0.2, 0.25) is 0 Å². The average Bonchev–Trinajstić information content (AvgIpc) is 3.65. The second-order valence-electron chi connectivity index (χ2n) is 15.6. The first kappa shape index (κ1) is 39.0. The molecule has 12 nitrogen and oxygen atoms in total. The van der Waals surface area contributed by atoms with Gasteiger partial charge in [-0.2, -0.15) is 0 Å². The second-order valence-corrected chi connectivity index (χ2v) is 16.5. The number of amides is 3. The van der Waals surface area contributed by atoms with Gasteiger partial charge in [-0.15, -0.1) is 11.3 Å². The van der Waals surface area contributed by atoms with Crippen molar-refractivity contribution in [3.8, 4) is 0 Å². The second kappa shape index (κ2) is 16.5. The van der Waals surface area contributed by atoms with Crippen molar-refractivity contribution in [3.05, 3.63) is 39.9 Å². The number of rotatable bonds is 11. The molecule has 2 saturated heterocycles. The van der Waals surface area contributed by atoms with Crippen LogP contribution in [0.15, 0.2) is 29.3 Å². The molecular formula is C36H57N5O7S. The van der Waals surface area contributed by atoms with Crippen molar-refractivity contribution in [2.45, 2.75) is 136 Å². The zero-order valence-corrected chi connectivity index (χ0v) is 31.2. The van der Waals surface area contributed by atoms with Crippen LogP contribution in [0.1, 0.15) is 97.1 Å². The summed E-state index contributed by atoms with van der Waals surface area (Å²) in [4.78, 5) is 48.3. The normalized spacial score (nSPS) is 25.3. The van der Waals surface area contributed by atoms with Gasteiger partial charge in [0.25, 0.3) is 0 Å². The molecule has 0 radical (unpaired) electrons. The standard InChI is InChI=1S/C36H57N5O7S/c1-9-27(23-12-14-24(15-13-23)30-22(2)37-21-49-30)38-32(44)28-17-25(42)18-41(28)33(45)31(35(3,4)5)39-29(43)20-47-26-11-10-16-40(19-26)34(46)48-36(6,7)8/h12-14,21,24-28,31,33,42,45H,9-11,15-20H2,1-8H3,(H,38,44)(H,39,43)/t24?,25-,26?,27+,28+,31-,33?/m1/s1. The van der Waals surface area contributed by atoms with Gasteiger partial charge in [0.1, 0.15) is 18.4 Å². The van der Waals surface area contributed by atoms with Gasteiger partial charge < -0.3 is 35.2 Å². The first-order chi connectivity index (χ1) is 23.0. The number of nitrogens with zero attached hydrogens (tertiary/aromatic N) is 3. The summed E-state index contributed by atoms with van der Waals surface area (Å²) in [6, 6.07) is -1.77. The van der Waals surface area contributed by atoms with Crippen LogP contribution in [0.4, 0.5) is 4.79 Å². The first-order valence-corrected chi connectivity index (χ1v) is 18.4. The zero-order chi connectivity index (χ0) is 36.1. The van der Waals surface area contributed by atoms with Crippen LogP contribution in [-0.4, -0.2) is 111 Å². The number of piperidine rings is 1. The Labute approximate surface area is 295 Å². The van der Waals surface area contributed by atoms with Gasteiger partial charge in [-0.25, -0.2) is 9.78 Å². The molecule has 4 rings (SSSR count). The van der Waals surface area contributed by atoms with Crippen molar-refractivity contribution < 1.29 is 34.1 Å². The number of aryl methyl sites for hydroxylation is 1. The number of aliphatic hydroxyl groups excluding tert-OH is 2. The quantitative estimate of drug-likeness (QED) is 0.268. The average molecular weight is 704 g/mol. The Morgan fingerprint density at radius 2 is 1.88 bits per heavy atom. The van der Waals surface area contributed by atoms with Gasteiger partial charge in [0.15, 0.2) is 0 Å². The fraction of sp³-hybridized carbons (Fsp3) is 0.722. The molecular weight excluding hydrogens is 646 g/mol. The highest BCUT2D eigenvalue weighted by Gasteiger charge is 2.45. The summed E-state index contributed by atoms with van der Waals surface area (Å²) in [6.07, 6.45) is 6.76. The lowest BCUT2D eigenvalue weighted by Gasteiger charge is -2.41. The predicted octanol–water partition coefficient (Wildman–Crippen LogP) is 4.02. The Morgan fingerprint density at radius 3 is 2.47 bits per heavy atom. The number of β-amino-alcohol motifs (C(OH)–C–C–N with tert-alkyl or cyclic N) is 1. The van der Waals surface area contributed by atoms with E-state index in [4.69, 9.17) is 9.47 Å². The van der Waals surface area contributed by atoms with E-state index < -0.39 is 47.4 Å². The van der Waals surface area contributed by atoms with Crippen LogP contribution in [-0.2, 0) is 19.1 Å². The van der Waals surface area contributed by atoms with Gasteiger partial charge >= 0.3 is 6.09 Å². The summed E-state index contributed by atoms with van der Waals surface area (Å²) in [5.41, 5.74) is 2.74. The third kappa shape index (κ3) is 10.6. The van der Waals surface area contributed by atoms with Crippen molar-refractivity contribution in [3.63, 3.8) is 0 Å². The summed E-state index contributed by atoms with van der Waals surface area (Å²) in [5.74, 6) is -0.418. The number of hydrogen-bond donors (Lipinski definition) is 4. The molecule has 4 N–H and O–H groups in total. The molecule has 0 spiro atoms.